The monoisotopic (exact) mass is 352 g/mol. The van der Waals surface area contributed by atoms with E-state index in [-0.39, 0.29) is 0 Å². The lowest BCUT2D eigenvalue weighted by Gasteiger charge is -2.26. The van der Waals surface area contributed by atoms with Crippen molar-refractivity contribution in [2.24, 2.45) is 0 Å². The van der Waals surface area contributed by atoms with Gasteiger partial charge in [-0.1, -0.05) is 0 Å². The second kappa shape index (κ2) is 6.90. The lowest BCUT2D eigenvalue weighted by molar-refractivity contribution is 0.443. The van der Waals surface area contributed by atoms with Crippen LogP contribution in [0.4, 0.5) is 11.8 Å². The summed E-state index contributed by atoms with van der Waals surface area (Å²) in [5.74, 6) is 2.20. The summed E-state index contributed by atoms with van der Waals surface area (Å²) < 4.78 is 0. The van der Waals surface area contributed by atoms with E-state index in [1.54, 1.807) is 18.9 Å². The average Bonchev–Trinajstić information content (AvgIpc) is 3.26. The Balaban J connectivity index is 0.000000131. The highest BCUT2D eigenvalue weighted by atomic mass is 15.1. The molecule has 4 heterocycles. The number of aromatic amines is 2. The van der Waals surface area contributed by atoms with Gasteiger partial charge in [-0.05, 0) is 26.2 Å². The number of nitrogens with one attached hydrogen (secondary N) is 4. The fourth-order valence-electron chi connectivity index (χ4n) is 2.66. The van der Waals surface area contributed by atoms with Crippen LogP contribution in [0.5, 0.6) is 0 Å². The van der Waals surface area contributed by atoms with Gasteiger partial charge in [-0.25, -0.2) is 24.9 Å². The number of aryl methyl sites for hydroxylation is 1. The maximum absolute atomic E-state index is 4.29. The molecule has 0 unspecified atom stereocenters. The van der Waals surface area contributed by atoms with Crippen LogP contribution in [0.1, 0.15) is 25.1 Å². The molecule has 4 N–H and O–H groups in total. The minimum absolute atomic E-state index is 0.561. The van der Waals surface area contributed by atoms with E-state index >= 15 is 0 Å². The number of aromatic nitrogens is 8. The van der Waals surface area contributed by atoms with Gasteiger partial charge in [-0.2, -0.15) is 4.98 Å². The van der Waals surface area contributed by atoms with Crippen molar-refractivity contribution in [1.82, 2.24) is 39.9 Å². The zero-order chi connectivity index (χ0) is 17.9. The van der Waals surface area contributed by atoms with Crippen LogP contribution < -0.4 is 10.6 Å². The van der Waals surface area contributed by atoms with Crippen molar-refractivity contribution in [1.29, 1.82) is 0 Å². The molecule has 1 aliphatic carbocycles. The largest absolute Gasteiger partial charge is 0.371 e. The van der Waals surface area contributed by atoms with Gasteiger partial charge in [0, 0.05) is 13.1 Å². The topological polar surface area (TPSA) is 133 Å². The minimum Gasteiger partial charge on any atom is -0.371 e. The van der Waals surface area contributed by atoms with E-state index in [0.717, 1.165) is 28.3 Å². The summed E-state index contributed by atoms with van der Waals surface area (Å²) in [6, 6.07) is 0.561. The SMILES string of the molecule is CNc1nc(C)nc2nc[nH]c12.c1nc2nc(NC3CCC3)ncc2[nH]1. The smallest absolute Gasteiger partial charge is 0.225 e. The molecule has 0 radical (unpaired) electrons. The van der Waals surface area contributed by atoms with Gasteiger partial charge < -0.3 is 20.6 Å². The van der Waals surface area contributed by atoms with E-state index < -0.39 is 0 Å². The summed E-state index contributed by atoms with van der Waals surface area (Å²) in [7, 11) is 1.82. The summed E-state index contributed by atoms with van der Waals surface area (Å²) in [6.45, 7) is 1.84. The molecule has 1 fully saturated rings. The fraction of sp³-hybridized carbons (Fsp3) is 0.375. The number of hydrogen-bond donors (Lipinski definition) is 4. The predicted octanol–water partition coefficient (Wildman–Crippen LogP) is 2.02. The first-order chi connectivity index (χ1) is 12.7. The van der Waals surface area contributed by atoms with Crippen molar-refractivity contribution in [3.05, 3.63) is 24.7 Å². The zero-order valence-corrected chi connectivity index (χ0v) is 14.6. The molecule has 5 rings (SSSR count). The number of imidazole rings is 2. The molecule has 4 aromatic heterocycles. The Labute approximate surface area is 149 Å². The lowest BCUT2D eigenvalue weighted by atomic mass is 9.93. The van der Waals surface area contributed by atoms with Crippen molar-refractivity contribution >= 4 is 34.1 Å². The van der Waals surface area contributed by atoms with E-state index in [2.05, 4.69) is 50.5 Å². The van der Waals surface area contributed by atoms with E-state index in [1.165, 1.54) is 19.3 Å². The fourth-order valence-corrected chi connectivity index (χ4v) is 2.66. The van der Waals surface area contributed by atoms with Crippen molar-refractivity contribution in [3.63, 3.8) is 0 Å². The first kappa shape index (κ1) is 16.2. The van der Waals surface area contributed by atoms with Crippen LogP contribution in [-0.2, 0) is 0 Å². The number of rotatable bonds is 3. The molecule has 0 atom stereocenters. The molecule has 0 aliphatic heterocycles. The molecule has 4 aromatic rings. The average molecular weight is 352 g/mol. The Morgan fingerprint density at radius 2 is 1.81 bits per heavy atom. The summed E-state index contributed by atoms with van der Waals surface area (Å²) in [6.07, 6.45) is 8.76. The Morgan fingerprint density at radius 1 is 1.00 bits per heavy atom. The van der Waals surface area contributed by atoms with E-state index in [1.807, 2.05) is 14.0 Å². The van der Waals surface area contributed by atoms with Crippen LogP contribution in [0.3, 0.4) is 0 Å². The van der Waals surface area contributed by atoms with Gasteiger partial charge in [0.1, 0.15) is 16.9 Å². The van der Waals surface area contributed by atoms with Crippen molar-refractivity contribution in [3.8, 4) is 0 Å². The third kappa shape index (κ3) is 3.25. The first-order valence-corrected chi connectivity index (χ1v) is 8.51. The first-order valence-electron chi connectivity index (χ1n) is 8.51. The number of anilines is 2. The molecule has 1 aliphatic rings. The molecule has 0 aromatic carbocycles. The highest BCUT2D eigenvalue weighted by Crippen LogP contribution is 2.21. The van der Waals surface area contributed by atoms with E-state index in [0.29, 0.717) is 17.6 Å². The summed E-state index contributed by atoms with van der Waals surface area (Å²) >= 11 is 0. The lowest BCUT2D eigenvalue weighted by Crippen LogP contribution is -2.27. The van der Waals surface area contributed by atoms with Crippen LogP contribution in [0.15, 0.2) is 18.9 Å². The quantitative estimate of drug-likeness (QED) is 0.440. The van der Waals surface area contributed by atoms with Crippen LogP contribution in [0.2, 0.25) is 0 Å². The van der Waals surface area contributed by atoms with Crippen LogP contribution in [0.25, 0.3) is 22.3 Å². The Bertz CT molecular complexity index is 1020. The molecule has 0 amide bonds. The van der Waals surface area contributed by atoms with Gasteiger partial charge in [-0.15, -0.1) is 0 Å². The summed E-state index contributed by atoms with van der Waals surface area (Å²) in [4.78, 5) is 30.9. The van der Waals surface area contributed by atoms with Crippen molar-refractivity contribution in [2.75, 3.05) is 17.7 Å². The van der Waals surface area contributed by atoms with Gasteiger partial charge >= 0.3 is 0 Å². The molecule has 0 bridgehead atoms. The van der Waals surface area contributed by atoms with Crippen molar-refractivity contribution < 1.29 is 0 Å². The van der Waals surface area contributed by atoms with Crippen LogP contribution >= 0.6 is 0 Å². The van der Waals surface area contributed by atoms with Crippen LogP contribution in [-0.4, -0.2) is 53.0 Å². The molecular formula is C16H20N10. The highest BCUT2D eigenvalue weighted by Gasteiger charge is 2.17. The van der Waals surface area contributed by atoms with Gasteiger partial charge in [0.25, 0.3) is 0 Å². The van der Waals surface area contributed by atoms with E-state index in [4.69, 9.17) is 0 Å². The zero-order valence-electron chi connectivity index (χ0n) is 14.6. The molecule has 134 valence electrons. The van der Waals surface area contributed by atoms with Crippen molar-refractivity contribution in [2.45, 2.75) is 32.2 Å². The third-order valence-corrected chi connectivity index (χ3v) is 4.25. The molecule has 10 nitrogen and oxygen atoms in total. The van der Waals surface area contributed by atoms with Crippen LogP contribution in [0, 0.1) is 6.92 Å². The number of nitrogens with zero attached hydrogens (tertiary/aromatic N) is 6. The maximum Gasteiger partial charge on any atom is 0.225 e. The third-order valence-electron chi connectivity index (χ3n) is 4.25. The predicted molar refractivity (Wildman–Crippen MR) is 98.9 cm³/mol. The van der Waals surface area contributed by atoms with Gasteiger partial charge in [0.05, 0.1) is 18.9 Å². The second-order valence-corrected chi connectivity index (χ2v) is 6.08. The number of hydrogen-bond acceptors (Lipinski definition) is 8. The van der Waals surface area contributed by atoms with Gasteiger partial charge in [0.15, 0.2) is 17.1 Å². The molecule has 26 heavy (non-hydrogen) atoms. The number of fused-ring (bicyclic) bond motifs is 2. The summed E-state index contributed by atoms with van der Waals surface area (Å²) in [5.41, 5.74) is 3.15. The standard InChI is InChI=1S/C9H11N5.C7H9N5/c1-2-6(3-1)13-9-10-4-7-8(14-9)12-5-11-7;1-4-11-6(8-2)5-7(12-4)10-3-9-5/h4-6H,1-3H2,(H2,10,11,12,13,14);3H,1-2H3,(H2,8,9,10,11,12). The second-order valence-electron chi connectivity index (χ2n) is 6.08. The Hall–Kier alpha value is -3.30. The number of H-pyrrole nitrogens is 2. The molecule has 0 spiro atoms. The normalized spacial score (nSPS) is 13.9. The highest BCUT2D eigenvalue weighted by molar-refractivity contribution is 5.82. The minimum atomic E-state index is 0.561. The molecule has 1 saturated carbocycles. The van der Waals surface area contributed by atoms with E-state index in [9.17, 15) is 0 Å². The molecular weight excluding hydrogens is 332 g/mol. The molecule has 10 heteroatoms. The van der Waals surface area contributed by atoms with Gasteiger partial charge in [0.2, 0.25) is 5.95 Å². The Morgan fingerprint density at radius 3 is 2.58 bits per heavy atom. The van der Waals surface area contributed by atoms with Gasteiger partial charge in [-0.3, -0.25) is 0 Å². The maximum atomic E-state index is 4.29. The Kier molecular flexibility index (Phi) is 4.30. The summed E-state index contributed by atoms with van der Waals surface area (Å²) in [5, 5.41) is 6.26. The molecule has 0 saturated heterocycles.